The summed E-state index contributed by atoms with van der Waals surface area (Å²) in [6.07, 6.45) is 1.01. The van der Waals surface area contributed by atoms with E-state index in [2.05, 4.69) is 40.5 Å². The maximum atomic E-state index is 9.98. The first-order valence-corrected chi connectivity index (χ1v) is 12.0. The average Bonchev–Trinajstić information content (AvgIpc) is 3.16. The van der Waals surface area contributed by atoms with Gasteiger partial charge in [-0.25, -0.2) is 0 Å². The van der Waals surface area contributed by atoms with Gasteiger partial charge in [0.1, 0.15) is 17.6 Å². The van der Waals surface area contributed by atoms with E-state index in [1.54, 1.807) is 0 Å². The van der Waals surface area contributed by atoms with E-state index in [1.165, 1.54) is 0 Å². The molecule has 0 amide bonds. The van der Waals surface area contributed by atoms with Crippen LogP contribution in [0.2, 0.25) is 0 Å². The molecule has 0 spiro atoms. The number of benzene rings is 2. The summed E-state index contributed by atoms with van der Waals surface area (Å²) in [6.45, 7) is 11.8. The molecule has 0 atom stereocenters. The van der Waals surface area contributed by atoms with E-state index in [0.29, 0.717) is 18.8 Å². The predicted octanol–water partition coefficient (Wildman–Crippen LogP) is 4.61. The fraction of sp³-hybridized carbons (Fsp3) is 0.444. The lowest BCUT2D eigenvalue weighted by Gasteiger charge is -2.32. The van der Waals surface area contributed by atoms with Crippen LogP contribution in [0.15, 0.2) is 42.5 Å². The van der Waals surface area contributed by atoms with E-state index in [-0.39, 0.29) is 0 Å². The number of ether oxygens (including phenoxy) is 2. The Kier molecular flexibility index (Phi) is 7.54. The molecule has 0 radical (unpaired) electrons. The van der Waals surface area contributed by atoms with Crippen molar-refractivity contribution in [2.45, 2.75) is 26.8 Å². The number of nitrogens with zero attached hydrogens (tertiary/aromatic N) is 4. The average molecular weight is 447 g/mol. The molecule has 3 aromatic rings. The fourth-order valence-corrected chi connectivity index (χ4v) is 4.59. The molecule has 174 valence electrons. The van der Waals surface area contributed by atoms with E-state index in [0.717, 1.165) is 79.3 Å². The first-order valence-electron chi connectivity index (χ1n) is 12.0. The van der Waals surface area contributed by atoms with Gasteiger partial charge in [0.05, 0.1) is 30.0 Å². The summed E-state index contributed by atoms with van der Waals surface area (Å²) in [5, 5.41) is 10.9. The summed E-state index contributed by atoms with van der Waals surface area (Å²) in [5.74, 6) is 1.70. The number of fused-ring (bicyclic) bond motifs is 1. The van der Waals surface area contributed by atoms with Crippen molar-refractivity contribution < 1.29 is 9.47 Å². The van der Waals surface area contributed by atoms with Gasteiger partial charge < -0.3 is 23.8 Å². The number of aryl methyl sites for hydroxylation is 1. The van der Waals surface area contributed by atoms with Gasteiger partial charge in [0.2, 0.25) is 0 Å². The molecule has 6 nitrogen and oxygen atoms in total. The maximum Gasteiger partial charge on any atom is 0.121 e. The Morgan fingerprint density at radius 1 is 0.939 bits per heavy atom. The topological polar surface area (TPSA) is 53.7 Å². The Balaban J connectivity index is 1.51. The molecular weight excluding hydrogens is 412 g/mol. The third-order valence-corrected chi connectivity index (χ3v) is 6.39. The van der Waals surface area contributed by atoms with Crippen LogP contribution in [0.5, 0.6) is 11.5 Å². The molecule has 0 saturated carbocycles. The van der Waals surface area contributed by atoms with E-state index < -0.39 is 0 Å². The second kappa shape index (κ2) is 10.7. The van der Waals surface area contributed by atoms with Crippen LogP contribution in [0.25, 0.3) is 22.2 Å². The SMILES string of the molecule is CCOc1ccc(-c2c(C#N)c3ccc(OCCCN4CCN(C)CC4)cc3n2CC)cc1. The minimum atomic E-state index is 0.635. The lowest BCUT2D eigenvalue weighted by atomic mass is 10.1. The molecule has 1 saturated heterocycles. The summed E-state index contributed by atoms with van der Waals surface area (Å²) in [5.41, 5.74) is 3.71. The minimum Gasteiger partial charge on any atom is -0.494 e. The Morgan fingerprint density at radius 3 is 2.33 bits per heavy atom. The van der Waals surface area contributed by atoms with Crippen LogP contribution in [0.3, 0.4) is 0 Å². The number of aromatic nitrogens is 1. The third-order valence-electron chi connectivity index (χ3n) is 6.39. The summed E-state index contributed by atoms with van der Waals surface area (Å²) >= 11 is 0. The molecule has 4 rings (SSSR count). The molecule has 2 aromatic carbocycles. The van der Waals surface area contributed by atoms with Gasteiger partial charge in [-0.05, 0) is 69.3 Å². The van der Waals surface area contributed by atoms with Crippen molar-refractivity contribution in [3.8, 4) is 28.8 Å². The summed E-state index contributed by atoms with van der Waals surface area (Å²) in [7, 11) is 2.18. The number of nitriles is 1. The first-order chi connectivity index (χ1) is 16.1. The van der Waals surface area contributed by atoms with Gasteiger partial charge in [-0.15, -0.1) is 0 Å². The number of rotatable bonds is 9. The summed E-state index contributed by atoms with van der Waals surface area (Å²) < 4.78 is 13.9. The van der Waals surface area contributed by atoms with Crippen molar-refractivity contribution in [3.63, 3.8) is 0 Å². The quantitative estimate of drug-likeness (QED) is 0.449. The Bertz CT molecular complexity index is 1110. The zero-order chi connectivity index (χ0) is 23.2. The standard InChI is InChI=1S/C27H34N4O2/c1-4-31-26-19-23(33-18-6-13-30-16-14-29(3)15-17-30)11-12-24(26)25(20-28)27(31)21-7-9-22(10-8-21)32-5-2/h7-12,19H,4-6,13-18H2,1-3H3. The van der Waals surface area contributed by atoms with Crippen LogP contribution < -0.4 is 9.47 Å². The van der Waals surface area contributed by atoms with Crippen molar-refractivity contribution in [2.75, 3.05) is 53.0 Å². The van der Waals surface area contributed by atoms with Crippen molar-refractivity contribution in [2.24, 2.45) is 0 Å². The van der Waals surface area contributed by atoms with Gasteiger partial charge in [-0.2, -0.15) is 5.26 Å². The van der Waals surface area contributed by atoms with Crippen LogP contribution in [-0.2, 0) is 6.54 Å². The Morgan fingerprint density at radius 2 is 1.67 bits per heavy atom. The smallest absolute Gasteiger partial charge is 0.121 e. The first kappa shape index (κ1) is 23.2. The molecule has 1 aliphatic heterocycles. The molecule has 1 aliphatic rings. The van der Waals surface area contributed by atoms with Crippen LogP contribution in [0.1, 0.15) is 25.8 Å². The Labute approximate surface area is 196 Å². The molecular formula is C27H34N4O2. The van der Waals surface area contributed by atoms with Crippen LogP contribution >= 0.6 is 0 Å². The lowest BCUT2D eigenvalue weighted by Crippen LogP contribution is -2.44. The highest BCUT2D eigenvalue weighted by atomic mass is 16.5. The number of likely N-dealkylation sites (N-methyl/N-ethyl adjacent to an activating group) is 1. The lowest BCUT2D eigenvalue weighted by molar-refractivity contribution is 0.145. The van der Waals surface area contributed by atoms with E-state index in [9.17, 15) is 5.26 Å². The molecule has 1 fully saturated rings. The van der Waals surface area contributed by atoms with Gasteiger partial charge in [0.15, 0.2) is 0 Å². The third kappa shape index (κ3) is 5.16. The highest BCUT2D eigenvalue weighted by Gasteiger charge is 2.19. The largest absolute Gasteiger partial charge is 0.494 e. The normalized spacial score (nSPS) is 15.0. The number of piperazine rings is 1. The van der Waals surface area contributed by atoms with Gasteiger partial charge >= 0.3 is 0 Å². The summed E-state index contributed by atoms with van der Waals surface area (Å²) in [4.78, 5) is 4.89. The van der Waals surface area contributed by atoms with Crippen molar-refractivity contribution in [1.82, 2.24) is 14.4 Å². The second-order valence-electron chi connectivity index (χ2n) is 8.56. The van der Waals surface area contributed by atoms with Gasteiger partial charge in [-0.1, -0.05) is 0 Å². The monoisotopic (exact) mass is 446 g/mol. The zero-order valence-corrected chi connectivity index (χ0v) is 20.0. The van der Waals surface area contributed by atoms with E-state index in [4.69, 9.17) is 9.47 Å². The molecule has 0 unspecified atom stereocenters. The highest BCUT2D eigenvalue weighted by Crippen LogP contribution is 2.36. The van der Waals surface area contributed by atoms with Crippen molar-refractivity contribution in [3.05, 3.63) is 48.0 Å². The predicted molar refractivity (Wildman–Crippen MR) is 133 cm³/mol. The molecule has 0 N–H and O–H groups in total. The van der Waals surface area contributed by atoms with E-state index >= 15 is 0 Å². The molecule has 1 aromatic heterocycles. The number of hydrogen-bond acceptors (Lipinski definition) is 5. The van der Waals surface area contributed by atoms with Crippen LogP contribution in [0, 0.1) is 11.3 Å². The Hall–Kier alpha value is -3.01. The van der Waals surface area contributed by atoms with Gasteiger partial charge in [0, 0.05) is 50.7 Å². The zero-order valence-electron chi connectivity index (χ0n) is 20.0. The summed E-state index contributed by atoms with van der Waals surface area (Å²) in [6, 6.07) is 16.5. The highest BCUT2D eigenvalue weighted by molar-refractivity contribution is 5.95. The van der Waals surface area contributed by atoms with Crippen molar-refractivity contribution in [1.29, 1.82) is 5.26 Å². The fourth-order valence-electron chi connectivity index (χ4n) is 4.59. The second-order valence-corrected chi connectivity index (χ2v) is 8.56. The van der Waals surface area contributed by atoms with Crippen LogP contribution in [-0.4, -0.2) is 67.4 Å². The molecule has 2 heterocycles. The minimum absolute atomic E-state index is 0.635. The van der Waals surface area contributed by atoms with E-state index in [1.807, 2.05) is 43.3 Å². The molecule has 6 heteroatoms. The number of hydrogen-bond donors (Lipinski definition) is 0. The molecule has 0 bridgehead atoms. The van der Waals surface area contributed by atoms with Crippen LogP contribution in [0.4, 0.5) is 0 Å². The van der Waals surface area contributed by atoms with Crippen molar-refractivity contribution >= 4 is 10.9 Å². The molecule has 33 heavy (non-hydrogen) atoms. The van der Waals surface area contributed by atoms with Gasteiger partial charge in [-0.3, -0.25) is 0 Å². The van der Waals surface area contributed by atoms with Gasteiger partial charge in [0.25, 0.3) is 0 Å². The maximum absolute atomic E-state index is 9.98. The molecule has 0 aliphatic carbocycles.